The summed E-state index contributed by atoms with van der Waals surface area (Å²) in [5, 5.41) is 22.6. The second-order valence-corrected chi connectivity index (χ2v) is 8.81. The van der Waals surface area contributed by atoms with Gasteiger partial charge in [0.05, 0.1) is 12.1 Å². The van der Waals surface area contributed by atoms with E-state index in [0.717, 1.165) is 19.3 Å². The highest BCUT2D eigenvalue weighted by atomic mass is 16.3. The highest BCUT2D eigenvalue weighted by molar-refractivity contribution is 5.67. The van der Waals surface area contributed by atoms with Gasteiger partial charge in [-0.2, -0.15) is 0 Å². The van der Waals surface area contributed by atoms with Crippen molar-refractivity contribution in [1.29, 1.82) is 0 Å². The van der Waals surface area contributed by atoms with Crippen LogP contribution in [0.5, 0.6) is 0 Å². The molecule has 6 aliphatic rings. The van der Waals surface area contributed by atoms with Gasteiger partial charge in [-0.3, -0.25) is 4.90 Å². The molecule has 3 unspecified atom stereocenters. The fraction of sp³-hybridized carbons (Fsp3) is 0.700. The molecule has 4 nitrogen and oxygen atoms in total. The van der Waals surface area contributed by atoms with E-state index < -0.39 is 0 Å². The van der Waals surface area contributed by atoms with Crippen LogP contribution in [0.15, 0.2) is 24.3 Å². The molecule has 4 saturated heterocycles. The van der Waals surface area contributed by atoms with Crippen LogP contribution in [-0.4, -0.2) is 52.6 Å². The number of para-hydroxylation sites is 1. The van der Waals surface area contributed by atoms with Gasteiger partial charge in [0.2, 0.25) is 0 Å². The molecule has 1 saturated carbocycles. The SMILES string of the molecule is CC[C@@H]1[C@@H](O)N2[C@H]3CC45c6ccccc6N(C)[C@H]4[C@@H]2C[C@H]1C3[C@H]5O. The Morgan fingerprint density at radius 2 is 2.00 bits per heavy atom. The Labute approximate surface area is 143 Å². The van der Waals surface area contributed by atoms with E-state index in [4.69, 9.17) is 0 Å². The fourth-order valence-corrected chi connectivity index (χ4v) is 7.88. The summed E-state index contributed by atoms with van der Waals surface area (Å²) in [5.41, 5.74) is 2.51. The molecule has 0 amide bonds. The number of aliphatic hydroxyl groups is 2. The minimum absolute atomic E-state index is 0.126. The molecule has 1 aromatic rings. The summed E-state index contributed by atoms with van der Waals surface area (Å²) in [5.74, 6) is 1.14. The van der Waals surface area contributed by atoms with Crippen LogP contribution in [0.25, 0.3) is 0 Å². The molecule has 0 radical (unpaired) electrons. The smallest absolute Gasteiger partial charge is 0.111 e. The predicted octanol–water partition coefficient (Wildman–Crippen LogP) is 1.55. The minimum atomic E-state index is -0.319. The topological polar surface area (TPSA) is 46.9 Å². The molecule has 1 spiro atoms. The average Bonchev–Trinajstić information content (AvgIpc) is 2.97. The van der Waals surface area contributed by atoms with Gasteiger partial charge in [0.25, 0.3) is 0 Å². The Kier molecular flexibility index (Phi) is 2.45. The summed E-state index contributed by atoms with van der Waals surface area (Å²) in [6, 6.07) is 9.70. The van der Waals surface area contributed by atoms with Gasteiger partial charge in [-0.25, -0.2) is 0 Å². The first-order valence-corrected chi connectivity index (χ1v) is 9.57. The largest absolute Gasteiger partial charge is 0.392 e. The summed E-state index contributed by atoms with van der Waals surface area (Å²) in [6.07, 6.45) is 2.56. The maximum atomic E-state index is 11.6. The lowest BCUT2D eigenvalue weighted by Gasteiger charge is -2.62. The molecule has 1 aliphatic carbocycles. The van der Waals surface area contributed by atoms with E-state index in [-0.39, 0.29) is 17.7 Å². The standard InChI is InChI=1S/C20H26N2O2/c1-3-10-11-8-14-17-20(12-6-4-5-7-13(12)21(17)2)9-15(16(11)18(20)23)22(14)19(10)24/h4-7,10-11,14-19,23-24H,3,8-9H2,1-2H3/t10-,11+,14-,15-,16?,17-,18+,19+,20?/m0/s1. The van der Waals surface area contributed by atoms with Crippen molar-refractivity contribution in [3.63, 3.8) is 0 Å². The first-order chi connectivity index (χ1) is 11.6. The summed E-state index contributed by atoms with van der Waals surface area (Å²) in [7, 11) is 2.19. The number of hydrogen-bond donors (Lipinski definition) is 2. The molecular formula is C20H26N2O2. The lowest BCUT2D eigenvalue weighted by Crippen LogP contribution is -2.72. The van der Waals surface area contributed by atoms with E-state index >= 15 is 0 Å². The quantitative estimate of drug-likeness (QED) is 0.822. The molecule has 5 bridgehead atoms. The van der Waals surface area contributed by atoms with E-state index in [9.17, 15) is 10.2 Å². The molecule has 4 heteroatoms. The number of aliphatic hydroxyl groups excluding tert-OH is 2. The third kappa shape index (κ3) is 1.20. The Balaban J connectivity index is 1.60. The third-order valence-electron chi connectivity index (χ3n) is 8.46. The second kappa shape index (κ2) is 4.17. The molecule has 7 rings (SSSR count). The van der Waals surface area contributed by atoms with E-state index in [2.05, 4.69) is 48.0 Å². The summed E-state index contributed by atoms with van der Waals surface area (Å²) < 4.78 is 0. The number of benzene rings is 1. The van der Waals surface area contributed by atoms with Crippen LogP contribution in [0.2, 0.25) is 0 Å². The maximum absolute atomic E-state index is 11.6. The second-order valence-electron chi connectivity index (χ2n) is 8.81. The van der Waals surface area contributed by atoms with Crippen LogP contribution in [0.4, 0.5) is 5.69 Å². The van der Waals surface area contributed by atoms with Crippen molar-refractivity contribution in [1.82, 2.24) is 4.90 Å². The zero-order chi connectivity index (χ0) is 16.4. The van der Waals surface area contributed by atoms with Crippen molar-refractivity contribution in [2.45, 2.75) is 62.1 Å². The number of hydrogen-bond acceptors (Lipinski definition) is 4. The lowest BCUT2D eigenvalue weighted by atomic mass is 9.62. The van der Waals surface area contributed by atoms with Crippen molar-refractivity contribution in [3.8, 4) is 0 Å². The van der Waals surface area contributed by atoms with Crippen molar-refractivity contribution in [2.75, 3.05) is 11.9 Å². The number of nitrogens with zero attached hydrogens (tertiary/aromatic N) is 2. The van der Waals surface area contributed by atoms with E-state index in [1.807, 2.05) is 0 Å². The molecule has 24 heavy (non-hydrogen) atoms. The zero-order valence-electron chi connectivity index (χ0n) is 14.3. The Bertz CT molecular complexity index is 723. The van der Waals surface area contributed by atoms with Crippen molar-refractivity contribution < 1.29 is 10.2 Å². The van der Waals surface area contributed by atoms with Crippen LogP contribution in [0, 0.1) is 17.8 Å². The van der Waals surface area contributed by atoms with Gasteiger partial charge in [0.1, 0.15) is 6.23 Å². The molecule has 0 aromatic heterocycles. The minimum Gasteiger partial charge on any atom is -0.392 e. The number of likely N-dealkylation sites (N-methyl/N-ethyl adjacent to an activating group) is 1. The highest BCUT2D eigenvalue weighted by Gasteiger charge is 2.76. The Morgan fingerprint density at radius 1 is 1.21 bits per heavy atom. The lowest BCUT2D eigenvalue weighted by molar-refractivity contribution is -0.211. The van der Waals surface area contributed by atoms with Crippen LogP contribution < -0.4 is 4.90 Å². The van der Waals surface area contributed by atoms with Crippen molar-refractivity contribution in [2.24, 2.45) is 17.8 Å². The molecule has 128 valence electrons. The summed E-state index contributed by atoms with van der Waals surface area (Å²) in [6.45, 7) is 2.19. The molecular weight excluding hydrogens is 300 g/mol. The van der Waals surface area contributed by atoms with E-state index in [0.29, 0.717) is 35.9 Å². The number of anilines is 1. The molecule has 10 atom stereocenters. The first-order valence-electron chi connectivity index (χ1n) is 9.57. The normalized spacial score (nSPS) is 55.8. The van der Waals surface area contributed by atoms with E-state index in [1.54, 1.807) is 0 Å². The van der Waals surface area contributed by atoms with Gasteiger partial charge in [0, 0.05) is 42.1 Å². The monoisotopic (exact) mass is 326 g/mol. The number of fused-ring (bicyclic) bond motifs is 2. The van der Waals surface area contributed by atoms with Gasteiger partial charge in [-0.15, -0.1) is 0 Å². The molecule has 5 aliphatic heterocycles. The van der Waals surface area contributed by atoms with Crippen LogP contribution >= 0.6 is 0 Å². The van der Waals surface area contributed by atoms with Crippen LogP contribution in [-0.2, 0) is 5.41 Å². The number of piperidine rings is 4. The summed E-state index contributed by atoms with van der Waals surface area (Å²) >= 11 is 0. The van der Waals surface area contributed by atoms with Crippen LogP contribution in [0.3, 0.4) is 0 Å². The molecule has 1 aromatic carbocycles. The fourth-order valence-electron chi connectivity index (χ4n) is 7.88. The molecule has 5 heterocycles. The van der Waals surface area contributed by atoms with Crippen molar-refractivity contribution in [3.05, 3.63) is 29.8 Å². The number of rotatable bonds is 1. The molecule has 2 N–H and O–H groups in total. The highest BCUT2D eigenvalue weighted by Crippen LogP contribution is 2.68. The maximum Gasteiger partial charge on any atom is 0.111 e. The summed E-state index contributed by atoms with van der Waals surface area (Å²) in [4.78, 5) is 4.83. The van der Waals surface area contributed by atoms with Gasteiger partial charge in [-0.1, -0.05) is 25.1 Å². The van der Waals surface area contributed by atoms with Gasteiger partial charge >= 0.3 is 0 Å². The van der Waals surface area contributed by atoms with Gasteiger partial charge in [0.15, 0.2) is 0 Å². The third-order valence-corrected chi connectivity index (χ3v) is 8.46. The van der Waals surface area contributed by atoms with Gasteiger partial charge < -0.3 is 15.1 Å². The Morgan fingerprint density at radius 3 is 2.79 bits per heavy atom. The van der Waals surface area contributed by atoms with Gasteiger partial charge in [-0.05, 0) is 36.8 Å². The van der Waals surface area contributed by atoms with Crippen molar-refractivity contribution >= 4 is 5.69 Å². The first kappa shape index (κ1) is 14.1. The Hall–Kier alpha value is -1.10. The van der Waals surface area contributed by atoms with E-state index in [1.165, 1.54) is 11.3 Å². The van der Waals surface area contributed by atoms with Crippen LogP contribution in [0.1, 0.15) is 31.7 Å². The average molecular weight is 326 g/mol. The zero-order valence-corrected chi connectivity index (χ0v) is 14.3. The predicted molar refractivity (Wildman–Crippen MR) is 91.7 cm³/mol. The molecule has 5 fully saturated rings.